The molecule has 0 aromatic heterocycles. The number of nitrogens with zero attached hydrogens (tertiary/aromatic N) is 1. The highest BCUT2D eigenvalue weighted by Gasteiger charge is 2.29. The SMILES string of the molecule is O=C(c1cc(Cl)cc(Br)c1)N1CC(O)C1. The zero-order chi connectivity index (χ0) is 11.0. The molecular weight excluding hydrogens is 281 g/mol. The summed E-state index contributed by atoms with van der Waals surface area (Å²) in [4.78, 5) is 13.4. The maximum atomic E-state index is 11.8. The molecule has 0 atom stereocenters. The molecule has 0 radical (unpaired) electrons. The van der Waals surface area contributed by atoms with Gasteiger partial charge in [0.15, 0.2) is 0 Å². The average molecular weight is 291 g/mol. The van der Waals surface area contributed by atoms with E-state index in [9.17, 15) is 4.79 Å². The first-order valence-electron chi connectivity index (χ1n) is 4.49. The second-order valence-corrected chi connectivity index (χ2v) is 4.87. The molecule has 0 bridgehead atoms. The summed E-state index contributed by atoms with van der Waals surface area (Å²) in [5.74, 6) is -0.0940. The molecule has 1 heterocycles. The average Bonchev–Trinajstić information content (AvgIpc) is 2.10. The Bertz CT molecular complexity index is 384. The molecule has 1 fully saturated rings. The number of β-amino-alcohol motifs (C(OH)–C–C–N with tert-alkyl or cyclic N) is 1. The van der Waals surface area contributed by atoms with Crippen LogP contribution in [-0.4, -0.2) is 35.1 Å². The first-order valence-corrected chi connectivity index (χ1v) is 5.67. The maximum absolute atomic E-state index is 11.8. The van der Waals surface area contributed by atoms with Crippen molar-refractivity contribution >= 4 is 33.4 Å². The van der Waals surface area contributed by atoms with Gasteiger partial charge in [0.2, 0.25) is 0 Å². The van der Waals surface area contributed by atoms with Gasteiger partial charge in [-0.05, 0) is 18.2 Å². The third kappa shape index (κ3) is 2.33. The van der Waals surface area contributed by atoms with Crippen LogP contribution in [0.3, 0.4) is 0 Å². The van der Waals surface area contributed by atoms with Crippen LogP contribution in [0.4, 0.5) is 0 Å². The molecule has 0 saturated carbocycles. The van der Waals surface area contributed by atoms with Crippen LogP contribution in [-0.2, 0) is 0 Å². The van der Waals surface area contributed by atoms with Crippen LogP contribution in [0.1, 0.15) is 10.4 Å². The van der Waals surface area contributed by atoms with Crippen molar-refractivity contribution in [3.63, 3.8) is 0 Å². The molecule has 1 aliphatic heterocycles. The van der Waals surface area contributed by atoms with Crippen molar-refractivity contribution in [3.8, 4) is 0 Å². The van der Waals surface area contributed by atoms with Crippen LogP contribution in [0.2, 0.25) is 5.02 Å². The third-order valence-electron chi connectivity index (χ3n) is 2.26. The van der Waals surface area contributed by atoms with Gasteiger partial charge in [-0.2, -0.15) is 0 Å². The number of rotatable bonds is 1. The van der Waals surface area contributed by atoms with Crippen LogP contribution in [0.15, 0.2) is 22.7 Å². The molecule has 1 N–H and O–H groups in total. The molecule has 0 spiro atoms. The minimum Gasteiger partial charge on any atom is -0.389 e. The summed E-state index contributed by atoms with van der Waals surface area (Å²) in [5, 5.41) is 9.62. The Balaban J connectivity index is 2.18. The zero-order valence-electron chi connectivity index (χ0n) is 7.78. The molecule has 80 valence electrons. The summed E-state index contributed by atoms with van der Waals surface area (Å²) in [6.45, 7) is 0.811. The Labute approximate surface area is 101 Å². The number of halogens is 2. The van der Waals surface area contributed by atoms with E-state index in [2.05, 4.69) is 15.9 Å². The van der Waals surface area contributed by atoms with Crippen molar-refractivity contribution < 1.29 is 9.90 Å². The van der Waals surface area contributed by atoms with E-state index < -0.39 is 0 Å². The Morgan fingerprint density at radius 1 is 1.47 bits per heavy atom. The van der Waals surface area contributed by atoms with Gasteiger partial charge in [-0.1, -0.05) is 27.5 Å². The molecule has 1 aliphatic rings. The Morgan fingerprint density at radius 2 is 2.13 bits per heavy atom. The van der Waals surface area contributed by atoms with Crippen molar-refractivity contribution in [2.45, 2.75) is 6.10 Å². The zero-order valence-corrected chi connectivity index (χ0v) is 10.1. The molecular formula is C10H9BrClNO2. The van der Waals surface area contributed by atoms with Gasteiger partial charge in [0, 0.05) is 28.1 Å². The fourth-order valence-corrected chi connectivity index (χ4v) is 2.34. The smallest absolute Gasteiger partial charge is 0.254 e. The van der Waals surface area contributed by atoms with E-state index in [1.54, 1.807) is 23.1 Å². The second kappa shape index (κ2) is 4.12. The van der Waals surface area contributed by atoms with E-state index in [1.807, 2.05) is 0 Å². The van der Waals surface area contributed by atoms with Crippen molar-refractivity contribution in [1.29, 1.82) is 0 Å². The number of aliphatic hydroxyl groups excluding tert-OH is 1. The van der Waals surface area contributed by atoms with Gasteiger partial charge in [0.1, 0.15) is 0 Å². The molecule has 0 aliphatic carbocycles. The fraction of sp³-hybridized carbons (Fsp3) is 0.300. The molecule has 2 rings (SSSR count). The number of benzene rings is 1. The van der Waals surface area contributed by atoms with E-state index in [0.29, 0.717) is 23.7 Å². The van der Waals surface area contributed by atoms with E-state index in [1.165, 1.54) is 0 Å². The molecule has 1 aromatic carbocycles. The number of carbonyl (C=O) groups excluding carboxylic acids is 1. The van der Waals surface area contributed by atoms with Gasteiger partial charge in [-0.15, -0.1) is 0 Å². The largest absolute Gasteiger partial charge is 0.389 e. The van der Waals surface area contributed by atoms with Crippen LogP contribution in [0.5, 0.6) is 0 Å². The van der Waals surface area contributed by atoms with Crippen molar-refractivity contribution in [1.82, 2.24) is 4.90 Å². The highest BCUT2D eigenvalue weighted by Crippen LogP contribution is 2.22. The van der Waals surface area contributed by atoms with E-state index in [4.69, 9.17) is 16.7 Å². The maximum Gasteiger partial charge on any atom is 0.254 e. The molecule has 15 heavy (non-hydrogen) atoms. The molecule has 1 aromatic rings. The Hall–Kier alpha value is -0.580. The topological polar surface area (TPSA) is 40.5 Å². The van der Waals surface area contributed by atoms with E-state index in [-0.39, 0.29) is 12.0 Å². The van der Waals surface area contributed by atoms with Crippen molar-refractivity contribution in [2.75, 3.05) is 13.1 Å². The molecule has 3 nitrogen and oxygen atoms in total. The quantitative estimate of drug-likeness (QED) is 0.858. The van der Waals surface area contributed by atoms with Crippen LogP contribution >= 0.6 is 27.5 Å². The first kappa shape index (κ1) is 10.9. The lowest BCUT2D eigenvalue weighted by Crippen LogP contribution is -2.53. The predicted molar refractivity (Wildman–Crippen MR) is 61.1 cm³/mol. The molecule has 0 unspecified atom stereocenters. The Kier molecular flexibility index (Phi) is 3.00. The van der Waals surface area contributed by atoms with Gasteiger partial charge < -0.3 is 10.0 Å². The Morgan fingerprint density at radius 3 is 2.67 bits per heavy atom. The minimum atomic E-state index is -0.378. The molecule has 1 amide bonds. The number of hydrogen-bond donors (Lipinski definition) is 1. The number of aliphatic hydroxyl groups is 1. The number of carbonyl (C=O) groups is 1. The lowest BCUT2D eigenvalue weighted by molar-refractivity contribution is 0.00589. The van der Waals surface area contributed by atoms with Gasteiger partial charge >= 0.3 is 0 Å². The van der Waals surface area contributed by atoms with Crippen LogP contribution < -0.4 is 0 Å². The summed E-state index contributed by atoms with van der Waals surface area (Å²) in [6, 6.07) is 5.07. The van der Waals surface area contributed by atoms with E-state index in [0.717, 1.165) is 4.47 Å². The fourth-order valence-electron chi connectivity index (χ4n) is 1.48. The summed E-state index contributed by atoms with van der Waals surface area (Å²) in [7, 11) is 0. The van der Waals surface area contributed by atoms with Gasteiger partial charge in [-0.3, -0.25) is 4.79 Å². The lowest BCUT2D eigenvalue weighted by atomic mass is 10.1. The summed E-state index contributed by atoms with van der Waals surface area (Å²) in [5.41, 5.74) is 0.543. The normalized spacial score (nSPS) is 16.3. The lowest BCUT2D eigenvalue weighted by Gasteiger charge is -2.35. The monoisotopic (exact) mass is 289 g/mol. The second-order valence-electron chi connectivity index (χ2n) is 3.52. The molecule has 5 heteroatoms. The molecule has 1 saturated heterocycles. The number of amides is 1. The van der Waals surface area contributed by atoms with E-state index >= 15 is 0 Å². The van der Waals surface area contributed by atoms with Gasteiger partial charge in [-0.25, -0.2) is 0 Å². The first-order chi connectivity index (χ1) is 7.06. The summed E-state index contributed by atoms with van der Waals surface area (Å²) < 4.78 is 0.777. The van der Waals surface area contributed by atoms with Crippen LogP contribution in [0.25, 0.3) is 0 Å². The van der Waals surface area contributed by atoms with Gasteiger partial charge in [0.25, 0.3) is 5.91 Å². The summed E-state index contributed by atoms with van der Waals surface area (Å²) in [6.07, 6.45) is -0.378. The number of hydrogen-bond acceptors (Lipinski definition) is 2. The number of likely N-dealkylation sites (tertiary alicyclic amines) is 1. The van der Waals surface area contributed by atoms with Crippen LogP contribution in [0, 0.1) is 0 Å². The summed E-state index contributed by atoms with van der Waals surface area (Å²) >= 11 is 9.12. The highest BCUT2D eigenvalue weighted by molar-refractivity contribution is 9.10. The predicted octanol–water partition coefficient (Wildman–Crippen LogP) is 1.92. The van der Waals surface area contributed by atoms with Crippen molar-refractivity contribution in [2.24, 2.45) is 0 Å². The van der Waals surface area contributed by atoms with Crippen molar-refractivity contribution in [3.05, 3.63) is 33.3 Å². The highest BCUT2D eigenvalue weighted by atomic mass is 79.9. The minimum absolute atomic E-state index is 0.0940. The third-order valence-corrected chi connectivity index (χ3v) is 2.94. The standard InChI is InChI=1S/C10H9BrClNO2/c11-7-1-6(2-8(12)3-7)10(15)13-4-9(14)5-13/h1-3,9,14H,4-5H2. The van der Waals surface area contributed by atoms with Gasteiger partial charge in [0.05, 0.1) is 6.10 Å².